The minimum atomic E-state index is -0.0945. The Kier molecular flexibility index (Phi) is 1.88. The summed E-state index contributed by atoms with van der Waals surface area (Å²) in [6.07, 6.45) is 0. The Morgan fingerprint density at radius 1 is 1.58 bits per heavy atom. The molecule has 3 nitrogen and oxygen atoms in total. The Morgan fingerprint density at radius 2 is 2.33 bits per heavy atom. The number of aromatic hydroxyl groups is 1. The van der Waals surface area contributed by atoms with E-state index in [0.717, 1.165) is 9.13 Å². The van der Waals surface area contributed by atoms with Crippen molar-refractivity contribution in [1.29, 1.82) is 0 Å². The monoisotopic (exact) mass is 277 g/mol. The number of benzene rings is 1. The molecule has 3 N–H and O–H groups in total. The van der Waals surface area contributed by atoms with Crippen LogP contribution in [0.25, 0.3) is 0 Å². The molecule has 0 saturated heterocycles. The molecule has 0 spiro atoms. The van der Waals surface area contributed by atoms with Gasteiger partial charge in [0.25, 0.3) is 0 Å². The van der Waals surface area contributed by atoms with Crippen LogP contribution in [0.2, 0.25) is 0 Å². The second kappa shape index (κ2) is 2.77. The van der Waals surface area contributed by atoms with Crippen molar-refractivity contribution in [1.82, 2.24) is 0 Å². The third-order valence-electron chi connectivity index (χ3n) is 1.92. The molecule has 1 aromatic rings. The summed E-state index contributed by atoms with van der Waals surface area (Å²) in [6, 6.07) is 3.64. The van der Waals surface area contributed by atoms with Gasteiger partial charge in [0.15, 0.2) is 11.5 Å². The molecule has 1 atom stereocenters. The molecule has 4 heteroatoms. The topological polar surface area (TPSA) is 55.5 Å². The molecule has 0 radical (unpaired) electrons. The Morgan fingerprint density at radius 3 is 3.08 bits per heavy atom. The molecule has 1 aliphatic heterocycles. The van der Waals surface area contributed by atoms with Crippen molar-refractivity contribution in [3.63, 3.8) is 0 Å². The minimum Gasteiger partial charge on any atom is -0.504 e. The predicted molar refractivity (Wildman–Crippen MR) is 53.2 cm³/mol. The number of ether oxygens (including phenoxy) is 1. The van der Waals surface area contributed by atoms with Gasteiger partial charge < -0.3 is 15.6 Å². The zero-order chi connectivity index (χ0) is 8.72. The number of nitrogens with two attached hydrogens (primary N) is 1. The van der Waals surface area contributed by atoms with Crippen LogP contribution in [-0.4, -0.2) is 11.7 Å². The normalized spacial score (nSPS) is 20.3. The molecule has 0 fully saturated rings. The van der Waals surface area contributed by atoms with E-state index in [1.807, 2.05) is 12.1 Å². The van der Waals surface area contributed by atoms with E-state index in [1.54, 1.807) is 0 Å². The SMILES string of the molecule is N[C@@H]1COc2c1ccc(I)c2O. The maximum absolute atomic E-state index is 9.55. The van der Waals surface area contributed by atoms with Crippen molar-refractivity contribution in [2.24, 2.45) is 5.73 Å². The molecular formula is C8H8INO2. The lowest BCUT2D eigenvalue weighted by Crippen LogP contribution is -2.10. The van der Waals surface area contributed by atoms with Gasteiger partial charge in [-0.3, -0.25) is 0 Å². The standard InChI is InChI=1S/C8H8INO2/c9-5-2-1-4-6(10)3-12-8(4)7(5)11/h1-2,6,11H,3,10H2/t6-/m1/s1. The van der Waals surface area contributed by atoms with Gasteiger partial charge >= 0.3 is 0 Å². The summed E-state index contributed by atoms with van der Waals surface area (Å²) in [5.41, 5.74) is 6.62. The third-order valence-corrected chi connectivity index (χ3v) is 2.79. The first-order valence-electron chi connectivity index (χ1n) is 3.60. The lowest BCUT2D eigenvalue weighted by atomic mass is 10.1. The second-order valence-electron chi connectivity index (χ2n) is 2.73. The van der Waals surface area contributed by atoms with Gasteiger partial charge in [0.2, 0.25) is 0 Å². The highest BCUT2D eigenvalue weighted by atomic mass is 127. The number of rotatable bonds is 0. The Bertz CT molecular complexity index is 327. The van der Waals surface area contributed by atoms with Crippen LogP contribution in [-0.2, 0) is 0 Å². The van der Waals surface area contributed by atoms with Crippen molar-refractivity contribution in [2.75, 3.05) is 6.61 Å². The van der Waals surface area contributed by atoms with Crippen LogP contribution >= 0.6 is 22.6 Å². The van der Waals surface area contributed by atoms with E-state index >= 15 is 0 Å². The average molecular weight is 277 g/mol. The summed E-state index contributed by atoms with van der Waals surface area (Å²) in [5.74, 6) is 0.760. The minimum absolute atomic E-state index is 0.0945. The second-order valence-corrected chi connectivity index (χ2v) is 3.89. The van der Waals surface area contributed by atoms with Crippen LogP contribution in [0, 0.1) is 3.57 Å². The molecule has 12 heavy (non-hydrogen) atoms. The van der Waals surface area contributed by atoms with Gasteiger partial charge in [-0.2, -0.15) is 0 Å². The highest BCUT2D eigenvalue weighted by Gasteiger charge is 2.24. The van der Waals surface area contributed by atoms with Crippen LogP contribution in [0.3, 0.4) is 0 Å². The van der Waals surface area contributed by atoms with Gasteiger partial charge in [-0.1, -0.05) is 6.07 Å². The maximum Gasteiger partial charge on any atom is 0.171 e. The number of phenols is 1. The first-order valence-corrected chi connectivity index (χ1v) is 4.68. The molecule has 64 valence electrons. The van der Waals surface area contributed by atoms with Crippen LogP contribution in [0.15, 0.2) is 12.1 Å². The summed E-state index contributed by atoms with van der Waals surface area (Å²) >= 11 is 2.05. The molecule has 1 aliphatic rings. The van der Waals surface area contributed by atoms with Gasteiger partial charge in [0, 0.05) is 5.56 Å². The highest BCUT2D eigenvalue weighted by Crippen LogP contribution is 2.41. The quantitative estimate of drug-likeness (QED) is 0.704. The summed E-state index contributed by atoms with van der Waals surface area (Å²) < 4.78 is 6.03. The van der Waals surface area contributed by atoms with Gasteiger partial charge in [0.1, 0.15) is 6.61 Å². The summed E-state index contributed by atoms with van der Waals surface area (Å²) in [7, 11) is 0. The molecule has 0 aromatic heterocycles. The van der Waals surface area contributed by atoms with E-state index < -0.39 is 0 Å². The van der Waals surface area contributed by atoms with E-state index in [4.69, 9.17) is 10.5 Å². The summed E-state index contributed by atoms with van der Waals surface area (Å²) in [5, 5.41) is 9.55. The van der Waals surface area contributed by atoms with Gasteiger partial charge in [-0.25, -0.2) is 0 Å². The molecular weight excluding hydrogens is 269 g/mol. The van der Waals surface area contributed by atoms with Gasteiger partial charge in [-0.05, 0) is 28.7 Å². The molecule has 0 bridgehead atoms. The van der Waals surface area contributed by atoms with E-state index in [2.05, 4.69) is 22.6 Å². The molecule has 1 heterocycles. The highest BCUT2D eigenvalue weighted by molar-refractivity contribution is 14.1. The first-order chi connectivity index (χ1) is 5.70. The van der Waals surface area contributed by atoms with Gasteiger partial charge in [-0.15, -0.1) is 0 Å². The number of halogens is 1. The maximum atomic E-state index is 9.55. The van der Waals surface area contributed by atoms with Crippen LogP contribution in [0.5, 0.6) is 11.5 Å². The molecule has 0 unspecified atom stereocenters. The lowest BCUT2D eigenvalue weighted by molar-refractivity contribution is 0.316. The molecule has 0 amide bonds. The molecule has 0 aliphatic carbocycles. The summed E-state index contributed by atoms with van der Waals surface area (Å²) in [6.45, 7) is 0.461. The summed E-state index contributed by atoms with van der Waals surface area (Å²) in [4.78, 5) is 0. The van der Waals surface area contributed by atoms with E-state index in [-0.39, 0.29) is 11.8 Å². The zero-order valence-corrected chi connectivity index (χ0v) is 8.41. The van der Waals surface area contributed by atoms with Crippen molar-refractivity contribution >= 4 is 22.6 Å². The lowest BCUT2D eigenvalue weighted by Gasteiger charge is -2.03. The number of hydrogen-bond acceptors (Lipinski definition) is 3. The zero-order valence-electron chi connectivity index (χ0n) is 6.25. The van der Waals surface area contributed by atoms with E-state index in [1.165, 1.54) is 0 Å². The van der Waals surface area contributed by atoms with Crippen molar-refractivity contribution < 1.29 is 9.84 Å². The van der Waals surface area contributed by atoms with Crippen LogP contribution in [0.4, 0.5) is 0 Å². The number of hydrogen-bond donors (Lipinski definition) is 2. The molecule has 0 saturated carbocycles. The Hall–Kier alpha value is -0.490. The largest absolute Gasteiger partial charge is 0.504 e. The molecule has 2 rings (SSSR count). The fourth-order valence-electron chi connectivity index (χ4n) is 1.27. The van der Waals surface area contributed by atoms with Crippen LogP contribution in [0.1, 0.15) is 11.6 Å². The van der Waals surface area contributed by atoms with Crippen LogP contribution < -0.4 is 10.5 Å². The van der Waals surface area contributed by atoms with Crippen molar-refractivity contribution in [3.05, 3.63) is 21.3 Å². The predicted octanol–water partition coefficient (Wildman–Crippen LogP) is 1.39. The van der Waals surface area contributed by atoms with Crippen molar-refractivity contribution in [3.8, 4) is 11.5 Å². The average Bonchev–Trinajstić information content (AvgIpc) is 2.41. The smallest absolute Gasteiger partial charge is 0.171 e. The third kappa shape index (κ3) is 1.06. The van der Waals surface area contributed by atoms with Gasteiger partial charge in [0.05, 0.1) is 9.61 Å². The number of fused-ring (bicyclic) bond motifs is 1. The fourth-order valence-corrected chi connectivity index (χ4v) is 1.69. The first kappa shape index (κ1) is 8.12. The Labute approximate surface area is 83.7 Å². The number of phenolic OH excluding ortho intramolecular Hbond substituents is 1. The van der Waals surface area contributed by atoms with Crippen molar-refractivity contribution in [2.45, 2.75) is 6.04 Å². The fraction of sp³-hybridized carbons (Fsp3) is 0.250. The molecule has 1 aromatic carbocycles. The Balaban J connectivity index is 2.60. The van der Waals surface area contributed by atoms with E-state index in [9.17, 15) is 5.11 Å². The van der Waals surface area contributed by atoms with E-state index in [0.29, 0.717) is 12.4 Å².